The molecule has 1 amide bonds. The highest BCUT2D eigenvalue weighted by Gasteiger charge is 2.31. The number of carbonyl (C=O) groups is 1. The van der Waals surface area contributed by atoms with Gasteiger partial charge in [0.2, 0.25) is 0 Å². The minimum atomic E-state index is -1.18. The Morgan fingerprint density at radius 3 is 2.25 bits per heavy atom. The maximum Gasteiger partial charge on any atom is 0.253 e. The minimum absolute atomic E-state index is 0.112. The van der Waals surface area contributed by atoms with Gasteiger partial charge in [0.1, 0.15) is 0 Å². The largest absolute Gasteiger partial charge is 0.392 e. The van der Waals surface area contributed by atoms with E-state index in [1.54, 1.807) is 24.3 Å². The van der Waals surface area contributed by atoms with Crippen LogP contribution in [0.2, 0.25) is 0 Å². The normalized spacial score (nSPS) is 14.9. The smallest absolute Gasteiger partial charge is 0.253 e. The first-order chi connectivity index (χ1) is 9.25. The van der Waals surface area contributed by atoms with Crippen molar-refractivity contribution >= 4 is 5.91 Å². The van der Waals surface area contributed by atoms with E-state index in [2.05, 4.69) is 5.32 Å². The van der Waals surface area contributed by atoms with Gasteiger partial charge < -0.3 is 15.5 Å². The summed E-state index contributed by atoms with van der Waals surface area (Å²) in [7, 11) is 0. The van der Waals surface area contributed by atoms with Gasteiger partial charge in [0.05, 0.1) is 6.10 Å². The molecule has 112 valence electrons. The third-order valence-electron chi connectivity index (χ3n) is 3.51. The van der Waals surface area contributed by atoms with Crippen LogP contribution in [0.5, 0.6) is 0 Å². The summed E-state index contributed by atoms with van der Waals surface area (Å²) in [6.45, 7) is 7.98. The molecule has 2 unspecified atom stereocenters. The Bertz CT molecular complexity index is 429. The number of hydrogen-bond acceptors (Lipinski definition) is 3. The molecule has 1 aromatic rings. The molecule has 20 heavy (non-hydrogen) atoms. The van der Waals surface area contributed by atoms with Crippen LogP contribution < -0.4 is 5.32 Å². The third kappa shape index (κ3) is 4.32. The number of aliphatic hydroxyl groups excluding tert-OH is 2. The summed E-state index contributed by atoms with van der Waals surface area (Å²) in [6.07, 6.45) is -1.69. The van der Waals surface area contributed by atoms with E-state index in [-0.39, 0.29) is 5.92 Å². The average molecular weight is 279 g/mol. The Morgan fingerprint density at radius 2 is 1.75 bits per heavy atom. The fourth-order valence-electron chi connectivity index (χ4n) is 2.21. The number of benzene rings is 1. The van der Waals surface area contributed by atoms with Crippen LogP contribution in [0.4, 0.5) is 0 Å². The molecule has 2 atom stereocenters. The van der Waals surface area contributed by atoms with Crippen molar-refractivity contribution in [3.8, 4) is 0 Å². The van der Waals surface area contributed by atoms with Gasteiger partial charge in [0.25, 0.3) is 5.91 Å². The van der Waals surface area contributed by atoms with Gasteiger partial charge in [-0.1, -0.05) is 58.0 Å². The fourth-order valence-corrected chi connectivity index (χ4v) is 2.21. The first-order valence-corrected chi connectivity index (χ1v) is 6.94. The van der Waals surface area contributed by atoms with Crippen molar-refractivity contribution < 1.29 is 15.0 Å². The SMILES string of the molecule is CC(C)C(O)C(C)(C)CNC(=O)C(O)c1ccccc1. The van der Waals surface area contributed by atoms with E-state index in [0.29, 0.717) is 12.1 Å². The molecule has 1 rings (SSSR count). The Hall–Kier alpha value is -1.39. The summed E-state index contributed by atoms with van der Waals surface area (Å²) >= 11 is 0. The lowest BCUT2D eigenvalue weighted by Gasteiger charge is -2.33. The fraction of sp³-hybridized carbons (Fsp3) is 0.562. The summed E-state index contributed by atoms with van der Waals surface area (Å²) < 4.78 is 0. The molecule has 4 nitrogen and oxygen atoms in total. The van der Waals surface area contributed by atoms with E-state index in [1.807, 2.05) is 33.8 Å². The number of aliphatic hydroxyl groups is 2. The van der Waals surface area contributed by atoms with Gasteiger partial charge in [0.15, 0.2) is 6.10 Å². The molecule has 0 spiro atoms. The molecule has 0 bridgehead atoms. The lowest BCUT2D eigenvalue weighted by atomic mass is 9.80. The minimum Gasteiger partial charge on any atom is -0.392 e. The maximum absolute atomic E-state index is 11.9. The molecule has 3 N–H and O–H groups in total. The number of nitrogens with one attached hydrogen (secondary N) is 1. The number of rotatable bonds is 6. The molecule has 0 saturated heterocycles. The summed E-state index contributed by atoms with van der Waals surface area (Å²) in [5, 5.41) is 22.8. The van der Waals surface area contributed by atoms with Gasteiger partial charge >= 0.3 is 0 Å². The van der Waals surface area contributed by atoms with Gasteiger partial charge in [0, 0.05) is 12.0 Å². The summed E-state index contributed by atoms with van der Waals surface area (Å²) in [6, 6.07) is 8.80. The van der Waals surface area contributed by atoms with Crippen LogP contribution in [0.1, 0.15) is 39.4 Å². The predicted molar refractivity (Wildman–Crippen MR) is 79.0 cm³/mol. The van der Waals surface area contributed by atoms with Crippen molar-refractivity contribution in [2.24, 2.45) is 11.3 Å². The van der Waals surface area contributed by atoms with E-state index in [0.717, 1.165) is 0 Å². The second-order valence-electron chi connectivity index (χ2n) is 6.21. The van der Waals surface area contributed by atoms with Gasteiger partial charge in [-0.3, -0.25) is 4.79 Å². The van der Waals surface area contributed by atoms with E-state index in [9.17, 15) is 15.0 Å². The van der Waals surface area contributed by atoms with E-state index in [1.165, 1.54) is 0 Å². The van der Waals surface area contributed by atoms with Crippen LogP contribution in [0.15, 0.2) is 30.3 Å². The highest BCUT2D eigenvalue weighted by molar-refractivity contribution is 5.81. The molecule has 0 aliphatic rings. The van der Waals surface area contributed by atoms with Gasteiger partial charge in [-0.05, 0) is 11.5 Å². The zero-order chi connectivity index (χ0) is 15.3. The first-order valence-electron chi connectivity index (χ1n) is 6.94. The lowest BCUT2D eigenvalue weighted by Crippen LogP contribution is -2.44. The van der Waals surface area contributed by atoms with Crippen molar-refractivity contribution in [1.82, 2.24) is 5.32 Å². The van der Waals surface area contributed by atoms with Crippen LogP contribution in [-0.4, -0.2) is 28.8 Å². The highest BCUT2D eigenvalue weighted by atomic mass is 16.3. The third-order valence-corrected chi connectivity index (χ3v) is 3.51. The van der Waals surface area contributed by atoms with Crippen LogP contribution in [0.3, 0.4) is 0 Å². The van der Waals surface area contributed by atoms with Gasteiger partial charge in [-0.25, -0.2) is 0 Å². The van der Waals surface area contributed by atoms with Gasteiger partial charge in [-0.15, -0.1) is 0 Å². The van der Waals surface area contributed by atoms with Crippen LogP contribution in [0.25, 0.3) is 0 Å². The molecule has 0 aliphatic carbocycles. The van der Waals surface area contributed by atoms with Crippen LogP contribution in [-0.2, 0) is 4.79 Å². The second kappa shape index (κ2) is 6.86. The molecule has 0 radical (unpaired) electrons. The van der Waals surface area contributed by atoms with E-state index < -0.39 is 23.5 Å². The molecule has 0 heterocycles. The zero-order valence-electron chi connectivity index (χ0n) is 12.6. The summed E-state index contributed by atoms with van der Waals surface area (Å²) in [5.74, 6) is -0.332. The molecule has 1 aromatic carbocycles. The zero-order valence-corrected chi connectivity index (χ0v) is 12.6. The number of amides is 1. The molecule has 0 aliphatic heterocycles. The monoisotopic (exact) mass is 279 g/mol. The average Bonchev–Trinajstić information content (AvgIpc) is 2.44. The Morgan fingerprint density at radius 1 is 1.20 bits per heavy atom. The van der Waals surface area contributed by atoms with Crippen molar-refractivity contribution in [3.63, 3.8) is 0 Å². The predicted octanol–water partition coefficient (Wildman–Crippen LogP) is 1.88. The number of hydrogen-bond donors (Lipinski definition) is 3. The summed E-state index contributed by atoms with van der Waals surface area (Å²) in [4.78, 5) is 11.9. The number of carbonyl (C=O) groups excluding carboxylic acids is 1. The lowest BCUT2D eigenvalue weighted by molar-refractivity contribution is -0.130. The summed E-state index contributed by atoms with van der Waals surface area (Å²) in [5.41, 5.74) is 0.118. The quantitative estimate of drug-likeness (QED) is 0.744. The van der Waals surface area contributed by atoms with Crippen molar-refractivity contribution in [2.45, 2.75) is 39.9 Å². The van der Waals surface area contributed by atoms with Gasteiger partial charge in [-0.2, -0.15) is 0 Å². The van der Waals surface area contributed by atoms with Crippen molar-refractivity contribution in [2.75, 3.05) is 6.54 Å². The van der Waals surface area contributed by atoms with Crippen LogP contribution in [0, 0.1) is 11.3 Å². The van der Waals surface area contributed by atoms with Crippen molar-refractivity contribution in [1.29, 1.82) is 0 Å². The van der Waals surface area contributed by atoms with Crippen molar-refractivity contribution in [3.05, 3.63) is 35.9 Å². The Labute approximate surface area is 120 Å². The molecule has 4 heteroatoms. The molecule has 0 fully saturated rings. The molecular formula is C16H25NO3. The topological polar surface area (TPSA) is 69.6 Å². The van der Waals surface area contributed by atoms with Crippen LogP contribution >= 0.6 is 0 Å². The molecule has 0 aromatic heterocycles. The second-order valence-corrected chi connectivity index (χ2v) is 6.21. The highest BCUT2D eigenvalue weighted by Crippen LogP contribution is 2.25. The van der Waals surface area contributed by atoms with E-state index in [4.69, 9.17) is 0 Å². The van der Waals surface area contributed by atoms with E-state index >= 15 is 0 Å². The standard InChI is InChI=1S/C16H25NO3/c1-11(2)14(19)16(3,4)10-17-15(20)13(18)12-8-6-5-7-9-12/h5-9,11,13-14,18-19H,10H2,1-4H3,(H,17,20). The first kappa shape index (κ1) is 16.7. The molecular weight excluding hydrogens is 254 g/mol. The Kier molecular flexibility index (Phi) is 5.72. The molecule has 0 saturated carbocycles. The maximum atomic E-state index is 11.9. The Balaban J connectivity index is 2.59.